The first kappa shape index (κ1) is 16.1. The monoisotopic (exact) mass is 313 g/mol. The van der Waals surface area contributed by atoms with Crippen LogP contribution < -0.4 is 5.32 Å². The summed E-state index contributed by atoms with van der Waals surface area (Å²) in [7, 11) is 0. The molecule has 1 aromatic rings. The van der Waals surface area contributed by atoms with Gasteiger partial charge in [-0.25, -0.2) is 0 Å². The van der Waals surface area contributed by atoms with Crippen LogP contribution in [0, 0.1) is 5.92 Å². The second-order valence-corrected chi connectivity index (χ2v) is 7.11. The lowest BCUT2D eigenvalue weighted by molar-refractivity contribution is 0.234. The highest BCUT2D eigenvalue weighted by Gasteiger charge is 2.36. The van der Waals surface area contributed by atoms with Crippen molar-refractivity contribution in [2.45, 2.75) is 51.4 Å². The Morgan fingerprint density at radius 2 is 1.95 bits per heavy atom. The zero-order chi connectivity index (χ0) is 14.6. The lowest BCUT2D eigenvalue weighted by atomic mass is 9.67. The minimum atomic E-state index is 0.184. The Morgan fingerprint density at radius 1 is 1.25 bits per heavy atom. The molecule has 3 heteroatoms. The van der Waals surface area contributed by atoms with Crippen molar-refractivity contribution in [1.29, 1.82) is 0 Å². The van der Waals surface area contributed by atoms with E-state index in [9.17, 15) is 0 Å². The molecule has 1 fully saturated rings. The first-order valence-electron chi connectivity index (χ1n) is 7.73. The minimum Gasteiger partial charge on any atom is -0.316 e. The third-order valence-corrected chi connectivity index (χ3v) is 5.17. The van der Waals surface area contributed by atoms with Crippen LogP contribution in [0.25, 0.3) is 0 Å². The molecule has 1 aliphatic rings. The molecule has 2 rings (SSSR count). The van der Waals surface area contributed by atoms with Crippen LogP contribution in [-0.4, -0.2) is 13.1 Å². The Bertz CT molecular complexity index is 437. The van der Waals surface area contributed by atoms with Crippen LogP contribution in [0.3, 0.4) is 0 Å². The quantitative estimate of drug-likeness (QED) is 0.713. The van der Waals surface area contributed by atoms with Crippen molar-refractivity contribution in [3.05, 3.63) is 33.8 Å². The maximum Gasteiger partial charge on any atom is 0.0458 e. The van der Waals surface area contributed by atoms with Gasteiger partial charge in [-0.2, -0.15) is 0 Å². The largest absolute Gasteiger partial charge is 0.316 e. The van der Waals surface area contributed by atoms with Gasteiger partial charge in [-0.05, 0) is 62.3 Å². The molecule has 0 bridgehead atoms. The standard InChI is InChI=1S/C17H25Cl2N/c1-3-10-20-12-17(8-6-13(2)7-9-17)15-5-4-14(18)11-16(15)19/h4-5,11,13,20H,3,6-10,12H2,1-2H3. The van der Waals surface area contributed by atoms with Crippen LogP contribution in [0.5, 0.6) is 0 Å². The van der Waals surface area contributed by atoms with E-state index in [2.05, 4.69) is 25.2 Å². The maximum absolute atomic E-state index is 6.49. The van der Waals surface area contributed by atoms with Crippen LogP contribution in [0.2, 0.25) is 10.0 Å². The summed E-state index contributed by atoms with van der Waals surface area (Å²) in [4.78, 5) is 0. The molecule has 1 N–H and O–H groups in total. The summed E-state index contributed by atoms with van der Waals surface area (Å²) >= 11 is 12.5. The summed E-state index contributed by atoms with van der Waals surface area (Å²) in [5.74, 6) is 0.834. The Morgan fingerprint density at radius 3 is 2.55 bits per heavy atom. The van der Waals surface area contributed by atoms with Crippen molar-refractivity contribution in [1.82, 2.24) is 5.32 Å². The lowest BCUT2D eigenvalue weighted by Gasteiger charge is -2.41. The SMILES string of the molecule is CCCNCC1(c2ccc(Cl)cc2Cl)CCC(C)CC1. The fraction of sp³-hybridized carbons (Fsp3) is 0.647. The van der Waals surface area contributed by atoms with Crippen LogP contribution in [-0.2, 0) is 5.41 Å². The van der Waals surface area contributed by atoms with Gasteiger partial charge >= 0.3 is 0 Å². The van der Waals surface area contributed by atoms with E-state index in [1.807, 2.05) is 12.1 Å². The van der Waals surface area contributed by atoms with Gasteiger partial charge in [-0.3, -0.25) is 0 Å². The van der Waals surface area contributed by atoms with Crippen molar-refractivity contribution in [3.8, 4) is 0 Å². The van der Waals surface area contributed by atoms with E-state index in [-0.39, 0.29) is 5.41 Å². The van der Waals surface area contributed by atoms with Gasteiger partial charge < -0.3 is 5.32 Å². The third-order valence-electron chi connectivity index (χ3n) is 4.62. The average molecular weight is 314 g/mol. The summed E-state index contributed by atoms with van der Waals surface area (Å²) < 4.78 is 0. The number of hydrogen-bond acceptors (Lipinski definition) is 1. The molecular formula is C17H25Cl2N. The molecule has 0 unspecified atom stereocenters. The Hall–Kier alpha value is -0.240. The fourth-order valence-electron chi connectivity index (χ4n) is 3.28. The molecule has 0 saturated heterocycles. The highest BCUT2D eigenvalue weighted by Crippen LogP contribution is 2.44. The van der Waals surface area contributed by atoms with E-state index in [4.69, 9.17) is 23.2 Å². The maximum atomic E-state index is 6.49. The van der Waals surface area contributed by atoms with Crippen molar-refractivity contribution < 1.29 is 0 Å². The van der Waals surface area contributed by atoms with E-state index in [0.717, 1.165) is 29.1 Å². The summed E-state index contributed by atoms with van der Waals surface area (Å²) in [5.41, 5.74) is 1.46. The van der Waals surface area contributed by atoms with Crippen molar-refractivity contribution in [2.24, 2.45) is 5.92 Å². The number of hydrogen-bond donors (Lipinski definition) is 1. The van der Waals surface area contributed by atoms with E-state index in [1.165, 1.54) is 37.7 Å². The number of halogens is 2. The second-order valence-electron chi connectivity index (χ2n) is 6.26. The molecule has 0 heterocycles. The summed E-state index contributed by atoms with van der Waals surface area (Å²) in [6.07, 6.45) is 6.17. The van der Waals surface area contributed by atoms with E-state index in [0.29, 0.717) is 0 Å². The van der Waals surface area contributed by atoms with Crippen molar-refractivity contribution >= 4 is 23.2 Å². The van der Waals surface area contributed by atoms with Gasteiger partial charge in [-0.15, -0.1) is 0 Å². The highest BCUT2D eigenvalue weighted by atomic mass is 35.5. The summed E-state index contributed by atoms with van der Waals surface area (Å²) in [6.45, 7) is 6.65. The first-order valence-corrected chi connectivity index (χ1v) is 8.49. The molecule has 0 atom stereocenters. The van der Waals surface area contributed by atoms with Crippen LogP contribution in [0.15, 0.2) is 18.2 Å². The third kappa shape index (κ3) is 3.69. The Kier molecular flexibility index (Phi) is 5.77. The van der Waals surface area contributed by atoms with Crippen LogP contribution in [0.4, 0.5) is 0 Å². The molecule has 112 valence electrons. The fourth-order valence-corrected chi connectivity index (χ4v) is 3.89. The molecule has 0 radical (unpaired) electrons. The highest BCUT2D eigenvalue weighted by molar-refractivity contribution is 6.35. The number of rotatable bonds is 5. The summed E-state index contributed by atoms with van der Waals surface area (Å²) in [6, 6.07) is 5.99. The molecule has 1 nitrogen and oxygen atoms in total. The molecule has 0 aromatic heterocycles. The van der Waals surface area contributed by atoms with Gasteiger partial charge in [0, 0.05) is 22.0 Å². The second kappa shape index (κ2) is 7.15. The Balaban J connectivity index is 2.25. The van der Waals surface area contributed by atoms with Gasteiger partial charge in [-0.1, -0.05) is 43.1 Å². The lowest BCUT2D eigenvalue weighted by Crippen LogP contribution is -2.41. The van der Waals surface area contributed by atoms with Gasteiger partial charge in [0.05, 0.1) is 0 Å². The van der Waals surface area contributed by atoms with Crippen LogP contribution in [0.1, 0.15) is 51.5 Å². The molecule has 20 heavy (non-hydrogen) atoms. The zero-order valence-electron chi connectivity index (χ0n) is 12.5. The van der Waals surface area contributed by atoms with Crippen LogP contribution >= 0.6 is 23.2 Å². The van der Waals surface area contributed by atoms with Gasteiger partial charge in [0.2, 0.25) is 0 Å². The molecular weight excluding hydrogens is 289 g/mol. The number of benzene rings is 1. The molecule has 0 spiro atoms. The normalized spacial score (nSPS) is 26.7. The molecule has 1 aliphatic carbocycles. The van der Waals surface area contributed by atoms with E-state index < -0.39 is 0 Å². The van der Waals surface area contributed by atoms with Gasteiger partial charge in [0.1, 0.15) is 0 Å². The molecule has 1 aromatic carbocycles. The Labute approximate surface area is 133 Å². The molecule has 1 saturated carbocycles. The zero-order valence-corrected chi connectivity index (χ0v) is 14.0. The molecule has 0 amide bonds. The van der Waals surface area contributed by atoms with Crippen molar-refractivity contribution in [3.63, 3.8) is 0 Å². The van der Waals surface area contributed by atoms with E-state index in [1.54, 1.807) is 0 Å². The van der Waals surface area contributed by atoms with Crippen molar-refractivity contribution in [2.75, 3.05) is 13.1 Å². The average Bonchev–Trinajstić information content (AvgIpc) is 2.42. The number of nitrogens with one attached hydrogen (secondary N) is 1. The van der Waals surface area contributed by atoms with Gasteiger partial charge in [0.25, 0.3) is 0 Å². The first-order chi connectivity index (χ1) is 9.57. The van der Waals surface area contributed by atoms with Gasteiger partial charge in [0.15, 0.2) is 0 Å². The molecule has 0 aliphatic heterocycles. The summed E-state index contributed by atoms with van der Waals surface area (Å²) in [5, 5.41) is 5.16. The van der Waals surface area contributed by atoms with E-state index >= 15 is 0 Å². The topological polar surface area (TPSA) is 12.0 Å². The predicted molar refractivity (Wildman–Crippen MR) is 88.9 cm³/mol. The minimum absolute atomic E-state index is 0.184. The smallest absolute Gasteiger partial charge is 0.0458 e. The predicted octanol–water partition coefficient (Wildman–Crippen LogP) is 5.44.